The lowest BCUT2D eigenvalue weighted by Gasteiger charge is -2.36. The fourth-order valence-electron chi connectivity index (χ4n) is 4.77. The van der Waals surface area contributed by atoms with Gasteiger partial charge in [-0.3, -0.25) is 9.48 Å². The number of pyridine rings is 1. The van der Waals surface area contributed by atoms with E-state index in [4.69, 9.17) is 26.3 Å². The SMILES string of the molecule is CC.Cc1cc2c(-c3ccc(Cl)cc3F)nc(N3CC(C)OC(c4cnn(C5CC5)c4)C3)nc2c(=O)n1C. The summed E-state index contributed by atoms with van der Waals surface area (Å²) in [6, 6.07) is 6.76. The van der Waals surface area contributed by atoms with Crippen molar-refractivity contribution in [2.24, 2.45) is 7.05 Å². The number of halogens is 2. The van der Waals surface area contributed by atoms with Gasteiger partial charge in [-0.1, -0.05) is 25.4 Å². The highest BCUT2D eigenvalue weighted by atomic mass is 35.5. The molecular weight excluding hydrogens is 507 g/mol. The summed E-state index contributed by atoms with van der Waals surface area (Å²) in [7, 11) is 1.70. The molecule has 1 saturated heterocycles. The summed E-state index contributed by atoms with van der Waals surface area (Å²) in [5.74, 6) is -0.143. The molecule has 2 aliphatic rings. The number of rotatable bonds is 4. The van der Waals surface area contributed by atoms with Crippen LogP contribution in [0, 0.1) is 12.7 Å². The number of fused-ring (bicyclic) bond motifs is 1. The van der Waals surface area contributed by atoms with Crippen LogP contribution in [0.4, 0.5) is 10.3 Å². The predicted molar refractivity (Wildman–Crippen MR) is 147 cm³/mol. The summed E-state index contributed by atoms with van der Waals surface area (Å²) >= 11 is 6.01. The zero-order valence-electron chi connectivity index (χ0n) is 22.3. The van der Waals surface area contributed by atoms with E-state index in [1.165, 1.54) is 10.6 Å². The molecule has 0 N–H and O–H groups in total. The van der Waals surface area contributed by atoms with Gasteiger partial charge in [-0.25, -0.2) is 14.4 Å². The maximum absolute atomic E-state index is 15.1. The molecule has 1 aromatic carbocycles. The lowest BCUT2D eigenvalue weighted by Crippen LogP contribution is -2.43. The van der Waals surface area contributed by atoms with E-state index in [9.17, 15) is 4.79 Å². The number of anilines is 1. The van der Waals surface area contributed by atoms with Gasteiger partial charge >= 0.3 is 0 Å². The average molecular weight is 539 g/mol. The molecular formula is C28H32ClFN6O2. The Morgan fingerprint density at radius 2 is 1.89 bits per heavy atom. The molecule has 0 amide bonds. The van der Waals surface area contributed by atoms with Gasteiger partial charge in [0, 0.05) is 47.0 Å². The molecule has 0 spiro atoms. The Labute approximate surface area is 226 Å². The monoisotopic (exact) mass is 538 g/mol. The van der Waals surface area contributed by atoms with Crippen LogP contribution < -0.4 is 10.5 Å². The maximum atomic E-state index is 15.1. The molecule has 4 aromatic rings. The van der Waals surface area contributed by atoms with Crippen LogP contribution in [0.3, 0.4) is 0 Å². The topological polar surface area (TPSA) is 78.1 Å². The number of hydrogen-bond donors (Lipinski definition) is 0. The molecule has 4 heterocycles. The first-order valence-corrected chi connectivity index (χ1v) is 13.4. The van der Waals surface area contributed by atoms with E-state index in [1.54, 1.807) is 19.2 Å². The molecule has 8 nitrogen and oxygen atoms in total. The van der Waals surface area contributed by atoms with Crippen LogP contribution in [0.2, 0.25) is 5.02 Å². The van der Waals surface area contributed by atoms with Crippen LogP contribution >= 0.6 is 11.6 Å². The third-order valence-electron chi connectivity index (χ3n) is 6.97. The number of ether oxygens (including phenoxy) is 1. The second-order valence-electron chi connectivity index (χ2n) is 9.73. The highest BCUT2D eigenvalue weighted by Gasteiger charge is 2.32. The summed E-state index contributed by atoms with van der Waals surface area (Å²) < 4.78 is 24.8. The Balaban J connectivity index is 0.00000144. The fraction of sp³-hybridized carbons (Fsp3) is 0.429. The van der Waals surface area contributed by atoms with Crippen LogP contribution in [0.15, 0.2) is 41.5 Å². The fourth-order valence-corrected chi connectivity index (χ4v) is 4.93. The standard InChI is InChI=1S/C26H26ClFN6O2.C2H6/c1-14-8-20-23(19-7-4-17(27)9-21(19)28)30-26(31-24(20)25(35)32(14)3)33-11-15(2)36-22(13-33)16-10-29-34(12-16)18-5-6-18;1-2/h4,7-10,12,15,18,22H,5-6,11,13H2,1-3H3;1-2H3. The van der Waals surface area contributed by atoms with Gasteiger partial charge in [0.25, 0.3) is 5.56 Å². The summed E-state index contributed by atoms with van der Waals surface area (Å²) in [5, 5.41) is 5.30. The van der Waals surface area contributed by atoms with E-state index < -0.39 is 5.82 Å². The zero-order valence-corrected chi connectivity index (χ0v) is 23.0. The van der Waals surface area contributed by atoms with Crippen molar-refractivity contribution >= 4 is 28.5 Å². The molecule has 0 bridgehead atoms. The summed E-state index contributed by atoms with van der Waals surface area (Å²) in [6.45, 7) is 8.84. The first kappa shape index (κ1) is 26.3. The van der Waals surface area contributed by atoms with Crippen molar-refractivity contribution < 1.29 is 9.13 Å². The third kappa shape index (κ3) is 4.92. The summed E-state index contributed by atoms with van der Waals surface area (Å²) in [6.07, 6.45) is 5.87. The van der Waals surface area contributed by atoms with Crippen LogP contribution in [0.25, 0.3) is 22.2 Å². The quantitative estimate of drug-likeness (QED) is 0.335. The van der Waals surface area contributed by atoms with Gasteiger partial charge < -0.3 is 14.2 Å². The minimum atomic E-state index is -0.507. The van der Waals surface area contributed by atoms with Crippen molar-refractivity contribution in [2.75, 3.05) is 18.0 Å². The molecule has 1 aliphatic carbocycles. The largest absolute Gasteiger partial charge is 0.367 e. The van der Waals surface area contributed by atoms with E-state index in [2.05, 4.69) is 5.10 Å². The van der Waals surface area contributed by atoms with Crippen molar-refractivity contribution in [3.63, 3.8) is 0 Å². The molecule has 38 heavy (non-hydrogen) atoms. The highest BCUT2D eigenvalue weighted by Crippen LogP contribution is 2.36. The lowest BCUT2D eigenvalue weighted by molar-refractivity contribution is -0.0178. The number of nitrogens with zero attached hydrogens (tertiary/aromatic N) is 6. The second-order valence-corrected chi connectivity index (χ2v) is 10.2. The maximum Gasteiger partial charge on any atom is 0.277 e. The van der Waals surface area contributed by atoms with Gasteiger partial charge in [0.05, 0.1) is 30.6 Å². The van der Waals surface area contributed by atoms with Crippen molar-refractivity contribution in [3.8, 4) is 11.3 Å². The molecule has 1 aliphatic heterocycles. The number of aromatic nitrogens is 5. The molecule has 2 fully saturated rings. The Kier molecular flexibility index (Phi) is 7.24. The number of hydrogen-bond acceptors (Lipinski definition) is 6. The zero-order chi connectivity index (χ0) is 27.1. The molecule has 200 valence electrons. The van der Waals surface area contributed by atoms with Crippen LogP contribution in [0.5, 0.6) is 0 Å². The van der Waals surface area contributed by atoms with Crippen molar-refractivity contribution in [2.45, 2.75) is 58.8 Å². The van der Waals surface area contributed by atoms with Gasteiger partial charge in [0.2, 0.25) is 5.95 Å². The highest BCUT2D eigenvalue weighted by molar-refractivity contribution is 6.30. The molecule has 10 heteroatoms. The Morgan fingerprint density at radius 3 is 2.61 bits per heavy atom. The van der Waals surface area contributed by atoms with Crippen LogP contribution in [-0.4, -0.2) is 43.5 Å². The summed E-state index contributed by atoms with van der Waals surface area (Å²) in [4.78, 5) is 24.7. The van der Waals surface area contributed by atoms with Crippen LogP contribution in [0.1, 0.15) is 57.0 Å². The van der Waals surface area contributed by atoms with Gasteiger partial charge in [-0.2, -0.15) is 5.10 Å². The minimum Gasteiger partial charge on any atom is -0.367 e. The van der Waals surface area contributed by atoms with Crippen molar-refractivity contribution in [1.29, 1.82) is 0 Å². The molecule has 0 radical (unpaired) electrons. The van der Waals surface area contributed by atoms with E-state index in [-0.39, 0.29) is 28.8 Å². The number of aryl methyl sites for hydroxylation is 1. The van der Waals surface area contributed by atoms with Gasteiger partial charge in [-0.15, -0.1) is 0 Å². The smallest absolute Gasteiger partial charge is 0.277 e. The average Bonchev–Trinajstić information content (AvgIpc) is 3.64. The van der Waals surface area contributed by atoms with Gasteiger partial charge in [0.1, 0.15) is 17.4 Å². The Morgan fingerprint density at radius 1 is 1.13 bits per heavy atom. The van der Waals surface area contributed by atoms with E-state index in [1.807, 2.05) is 55.7 Å². The third-order valence-corrected chi connectivity index (χ3v) is 7.20. The second kappa shape index (κ2) is 10.5. The summed E-state index contributed by atoms with van der Waals surface area (Å²) in [5.41, 5.74) is 2.34. The molecule has 3 aromatic heterocycles. The van der Waals surface area contributed by atoms with E-state index in [0.29, 0.717) is 41.2 Å². The first-order valence-electron chi connectivity index (χ1n) is 13.1. The minimum absolute atomic E-state index is 0.108. The number of benzene rings is 1. The lowest BCUT2D eigenvalue weighted by atomic mass is 10.1. The van der Waals surface area contributed by atoms with Gasteiger partial charge in [0.15, 0.2) is 0 Å². The predicted octanol–water partition coefficient (Wildman–Crippen LogP) is 5.62. The number of morpholine rings is 1. The van der Waals surface area contributed by atoms with Gasteiger partial charge in [-0.05, 0) is 51.0 Å². The van der Waals surface area contributed by atoms with E-state index >= 15 is 4.39 Å². The van der Waals surface area contributed by atoms with Crippen molar-refractivity contribution in [3.05, 3.63) is 69.1 Å². The Hall–Kier alpha value is -3.30. The normalized spacial score (nSPS) is 19.4. The molecule has 1 saturated carbocycles. The Bertz CT molecular complexity index is 1550. The first-order chi connectivity index (χ1) is 18.3. The van der Waals surface area contributed by atoms with Crippen LogP contribution in [-0.2, 0) is 11.8 Å². The molecule has 2 unspecified atom stereocenters. The molecule has 6 rings (SSSR count). The van der Waals surface area contributed by atoms with E-state index in [0.717, 1.165) is 24.1 Å². The van der Waals surface area contributed by atoms with Crippen molar-refractivity contribution in [1.82, 2.24) is 24.3 Å². The molecule has 2 atom stereocenters.